The van der Waals surface area contributed by atoms with Gasteiger partial charge in [0.05, 0.1) is 16.8 Å². The maximum Gasteiger partial charge on any atom is 0.137 e. The molecule has 2 nitrogen and oxygen atoms in total. The lowest BCUT2D eigenvalue weighted by Crippen LogP contribution is -2.11. The van der Waals surface area contributed by atoms with Gasteiger partial charge >= 0.3 is 0 Å². The molecule has 254 valence electrons. The van der Waals surface area contributed by atoms with E-state index in [-0.39, 0.29) is 0 Å². The van der Waals surface area contributed by atoms with Crippen molar-refractivity contribution in [2.45, 2.75) is 0 Å². The lowest BCUT2D eigenvalue weighted by molar-refractivity contribution is 0.669. The maximum absolute atomic E-state index is 6.45. The lowest BCUT2D eigenvalue weighted by Gasteiger charge is -2.29. The Hall–Kier alpha value is -7.16. The third-order valence-electron chi connectivity index (χ3n) is 10.5. The van der Waals surface area contributed by atoms with Crippen molar-refractivity contribution in [3.8, 4) is 44.5 Å². The third-order valence-corrected chi connectivity index (χ3v) is 10.5. The van der Waals surface area contributed by atoms with Crippen LogP contribution in [0.15, 0.2) is 217 Å². The van der Waals surface area contributed by atoms with Crippen LogP contribution >= 0.6 is 0 Å². The largest absolute Gasteiger partial charge is 0.456 e. The first kappa shape index (κ1) is 31.6. The predicted octanol–water partition coefficient (Wildman–Crippen LogP) is 14.9. The van der Waals surface area contributed by atoms with Crippen molar-refractivity contribution >= 4 is 49.8 Å². The van der Waals surface area contributed by atoms with Gasteiger partial charge in [-0.05, 0) is 92.2 Å². The number of benzene rings is 9. The zero-order valence-electron chi connectivity index (χ0n) is 29.6. The molecular formula is C52H35NO. The zero-order chi connectivity index (χ0) is 35.8. The summed E-state index contributed by atoms with van der Waals surface area (Å²) in [6.07, 6.45) is 0. The second-order valence-corrected chi connectivity index (χ2v) is 13.7. The summed E-state index contributed by atoms with van der Waals surface area (Å²) in [6, 6.07) is 75.9. The van der Waals surface area contributed by atoms with Crippen molar-refractivity contribution < 1.29 is 4.42 Å². The molecule has 1 heterocycles. The fraction of sp³-hybridized carbons (Fsp3) is 0. The molecule has 0 unspecified atom stereocenters. The number of nitrogens with zero attached hydrogens (tertiary/aromatic N) is 1. The first-order valence-corrected chi connectivity index (χ1v) is 18.4. The van der Waals surface area contributed by atoms with Crippen LogP contribution in [0.5, 0.6) is 0 Å². The van der Waals surface area contributed by atoms with E-state index in [2.05, 4.69) is 211 Å². The number of hydrogen-bond donors (Lipinski definition) is 0. The van der Waals surface area contributed by atoms with Crippen LogP contribution in [0.25, 0.3) is 77.2 Å². The highest BCUT2D eigenvalue weighted by atomic mass is 16.3. The molecule has 54 heavy (non-hydrogen) atoms. The summed E-state index contributed by atoms with van der Waals surface area (Å²) in [6.45, 7) is 0. The molecule has 2 heteroatoms. The van der Waals surface area contributed by atoms with E-state index in [4.69, 9.17) is 4.42 Å². The smallest absolute Gasteiger partial charge is 0.137 e. The molecule has 0 aliphatic carbocycles. The van der Waals surface area contributed by atoms with Crippen molar-refractivity contribution in [3.63, 3.8) is 0 Å². The molecule has 10 rings (SSSR count). The van der Waals surface area contributed by atoms with Crippen LogP contribution in [0, 0.1) is 0 Å². The summed E-state index contributed by atoms with van der Waals surface area (Å²) >= 11 is 0. The highest BCUT2D eigenvalue weighted by Gasteiger charge is 2.23. The van der Waals surface area contributed by atoms with Gasteiger partial charge in [-0.3, -0.25) is 0 Å². The first-order chi connectivity index (χ1) is 26.8. The first-order valence-electron chi connectivity index (χ1n) is 18.4. The summed E-state index contributed by atoms with van der Waals surface area (Å²) in [5.41, 5.74) is 14.4. The molecular weight excluding hydrogens is 655 g/mol. The minimum absolute atomic E-state index is 0.862. The van der Waals surface area contributed by atoms with Gasteiger partial charge in [0.1, 0.15) is 11.2 Å². The van der Waals surface area contributed by atoms with E-state index in [1.807, 2.05) is 6.07 Å². The predicted molar refractivity (Wildman–Crippen MR) is 228 cm³/mol. The second kappa shape index (κ2) is 13.4. The van der Waals surface area contributed by atoms with Gasteiger partial charge in [0.2, 0.25) is 0 Å². The molecule has 1 aromatic heterocycles. The fourth-order valence-electron chi connectivity index (χ4n) is 7.96. The number of furan rings is 1. The van der Waals surface area contributed by atoms with Crippen molar-refractivity contribution in [2.24, 2.45) is 0 Å². The molecule has 0 saturated carbocycles. The molecule has 0 amide bonds. The molecule has 0 fully saturated rings. The van der Waals surface area contributed by atoms with Crippen molar-refractivity contribution in [2.75, 3.05) is 4.90 Å². The van der Waals surface area contributed by atoms with Gasteiger partial charge in [-0.15, -0.1) is 0 Å². The molecule has 9 aromatic carbocycles. The Morgan fingerprint density at radius 2 is 0.870 bits per heavy atom. The number of anilines is 3. The molecule has 0 N–H and O–H groups in total. The number of para-hydroxylation sites is 2. The SMILES string of the molecule is c1ccc(-c2ccccc2-c2ccccc2-c2ccccc2N(c2ccc(-c3ccc4ccccc4c3)cc2)c2cccc3oc4ccccc4c23)cc1. The van der Waals surface area contributed by atoms with Gasteiger partial charge < -0.3 is 9.32 Å². The van der Waals surface area contributed by atoms with Gasteiger partial charge in [0.15, 0.2) is 0 Å². The fourth-order valence-corrected chi connectivity index (χ4v) is 7.96. The Morgan fingerprint density at radius 3 is 1.67 bits per heavy atom. The second-order valence-electron chi connectivity index (χ2n) is 13.7. The minimum Gasteiger partial charge on any atom is -0.456 e. The quantitative estimate of drug-likeness (QED) is 0.166. The lowest BCUT2D eigenvalue weighted by atomic mass is 9.88. The average molecular weight is 690 g/mol. The van der Waals surface area contributed by atoms with Gasteiger partial charge in [-0.25, -0.2) is 0 Å². The van der Waals surface area contributed by atoms with Crippen LogP contribution in [0.2, 0.25) is 0 Å². The van der Waals surface area contributed by atoms with E-state index in [1.54, 1.807) is 0 Å². The molecule has 0 aliphatic rings. The van der Waals surface area contributed by atoms with Crippen LogP contribution in [-0.2, 0) is 0 Å². The van der Waals surface area contributed by atoms with Crippen LogP contribution in [0.3, 0.4) is 0 Å². The number of fused-ring (bicyclic) bond motifs is 4. The summed E-state index contributed by atoms with van der Waals surface area (Å²) in [7, 11) is 0. The maximum atomic E-state index is 6.45. The Bertz CT molecular complexity index is 2940. The Labute approximate surface area is 314 Å². The topological polar surface area (TPSA) is 16.4 Å². The van der Waals surface area contributed by atoms with Crippen LogP contribution < -0.4 is 4.90 Å². The highest BCUT2D eigenvalue weighted by molar-refractivity contribution is 6.14. The van der Waals surface area contributed by atoms with E-state index in [0.29, 0.717) is 0 Å². The highest BCUT2D eigenvalue weighted by Crippen LogP contribution is 2.48. The summed E-state index contributed by atoms with van der Waals surface area (Å²) in [5.74, 6) is 0. The Kier molecular flexibility index (Phi) is 7.85. The van der Waals surface area contributed by atoms with E-state index >= 15 is 0 Å². The van der Waals surface area contributed by atoms with Gasteiger partial charge in [-0.2, -0.15) is 0 Å². The van der Waals surface area contributed by atoms with Gasteiger partial charge in [-0.1, -0.05) is 170 Å². The normalized spacial score (nSPS) is 11.3. The van der Waals surface area contributed by atoms with E-state index in [9.17, 15) is 0 Å². The van der Waals surface area contributed by atoms with Crippen LogP contribution in [0.4, 0.5) is 17.1 Å². The molecule has 10 aromatic rings. The molecule has 0 bridgehead atoms. The third kappa shape index (κ3) is 5.53. The van der Waals surface area contributed by atoms with Crippen molar-refractivity contribution in [1.82, 2.24) is 0 Å². The van der Waals surface area contributed by atoms with Crippen molar-refractivity contribution in [1.29, 1.82) is 0 Å². The standard InChI is InChI=1S/C52H35NO/c1-2-16-38(17-3-1)42-19-6-7-20-43(42)44-21-8-9-22-45(44)46-23-10-12-25-48(46)53(49-26-14-28-51-52(49)47-24-11-13-27-50(47)54-51)41-33-31-37(32-34-41)40-30-29-36-15-4-5-18-39(36)35-40/h1-35H. The van der Waals surface area contributed by atoms with Crippen LogP contribution in [0.1, 0.15) is 0 Å². The molecule has 0 radical (unpaired) electrons. The Balaban J connectivity index is 1.18. The van der Waals surface area contributed by atoms with E-state index in [1.165, 1.54) is 49.7 Å². The van der Waals surface area contributed by atoms with Gasteiger partial charge in [0, 0.05) is 16.6 Å². The average Bonchev–Trinajstić information content (AvgIpc) is 3.64. The molecule has 0 aliphatic heterocycles. The minimum atomic E-state index is 0.862. The van der Waals surface area contributed by atoms with E-state index in [0.717, 1.165) is 44.6 Å². The number of hydrogen-bond acceptors (Lipinski definition) is 2. The summed E-state index contributed by atoms with van der Waals surface area (Å²) in [4.78, 5) is 2.41. The number of rotatable bonds is 7. The monoisotopic (exact) mass is 689 g/mol. The zero-order valence-corrected chi connectivity index (χ0v) is 29.6. The van der Waals surface area contributed by atoms with Gasteiger partial charge in [0.25, 0.3) is 0 Å². The molecule has 0 saturated heterocycles. The Morgan fingerprint density at radius 1 is 0.315 bits per heavy atom. The van der Waals surface area contributed by atoms with E-state index < -0.39 is 0 Å². The summed E-state index contributed by atoms with van der Waals surface area (Å²) in [5, 5.41) is 4.66. The molecule has 0 atom stereocenters. The summed E-state index contributed by atoms with van der Waals surface area (Å²) < 4.78 is 6.45. The molecule has 0 spiro atoms. The van der Waals surface area contributed by atoms with Crippen molar-refractivity contribution in [3.05, 3.63) is 212 Å². The van der Waals surface area contributed by atoms with Crippen LogP contribution in [-0.4, -0.2) is 0 Å².